The Balaban J connectivity index is 2.01. The first kappa shape index (κ1) is 12.9. The van der Waals surface area contributed by atoms with Crippen LogP contribution < -0.4 is 0 Å². The number of ether oxygens (including phenoxy) is 1. The molecule has 0 saturated heterocycles. The number of aromatic nitrogens is 1. The second kappa shape index (κ2) is 5.12. The van der Waals surface area contributed by atoms with Crippen LogP contribution in [0.4, 0.5) is 4.79 Å². The van der Waals surface area contributed by atoms with Gasteiger partial charge in [-0.2, -0.15) is 0 Å². The Morgan fingerprint density at radius 2 is 2.26 bits per heavy atom. The van der Waals surface area contributed by atoms with Crippen molar-refractivity contribution in [2.45, 2.75) is 44.2 Å². The fraction of sp³-hybridized carbons (Fsp3) is 0.571. The van der Waals surface area contributed by atoms with Crippen LogP contribution in [0.25, 0.3) is 0 Å². The van der Waals surface area contributed by atoms with Crippen molar-refractivity contribution >= 4 is 22.0 Å². The molecule has 0 aromatic carbocycles. The van der Waals surface area contributed by atoms with E-state index in [0.29, 0.717) is 12.5 Å². The highest BCUT2D eigenvalue weighted by molar-refractivity contribution is 9.10. The standard InChI is InChI=1S/C14H17BrN2O2/c1-19-14(18)17-8-9-6-10(15)7-16-13(9)11-4-2-3-5-12(11)17/h6-7,11-12H,2-5,8H2,1H3/t11-,12+/m0/s1. The zero-order valence-corrected chi connectivity index (χ0v) is 12.5. The van der Waals surface area contributed by atoms with Crippen LogP contribution in [-0.4, -0.2) is 29.1 Å². The van der Waals surface area contributed by atoms with Gasteiger partial charge in [0.15, 0.2) is 0 Å². The van der Waals surface area contributed by atoms with E-state index in [0.717, 1.165) is 22.9 Å². The number of rotatable bonds is 0. The van der Waals surface area contributed by atoms with Gasteiger partial charge < -0.3 is 9.64 Å². The summed E-state index contributed by atoms with van der Waals surface area (Å²) in [7, 11) is 1.45. The average Bonchev–Trinajstić information content (AvgIpc) is 2.45. The van der Waals surface area contributed by atoms with E-state index < -0.39 is 0 Å². The maximum Gasteiger partial charge on any atom is 0.410 e. The minimum absolute atomic E-state index is 0.220. The molecule has 102 valence electrons. The van der Waals surface area contributed by atoms with Gasteiger partial charge in [0, 0.05) is 22.6 Å². The summed E-state index contributed by atoms with van der Waals surface area (Å²) in [5, 5.41) is 0. The summed E-state index contributed by atoms with van der Waals surface area (Å²) in [5.41, 5.74) is 2.32. The molecule has 1 aliphatic heterocycles. The van der Waals surface area contributed by atoms with Crippen molar-refractivity contribution in [2.75, 3.05) is 7.11 Å². The number of fused-ring (bicyclic) bond motifs is 3. The monoisotopic (exact) mass is 324 g/mol. The third kappa shape index (κ3) is 2.24. The van der Waals surface area contributed by atoms with Crippen LogP contribution in [0.1, 0.15) is 42.9 Å². The maximum atomic E-state index is 12.0. The molecule has 1 aliphatic carbocycles. The molecular weight excluding hydrogens is 308 g/mol. The molecule has 2 heterocycles. The summed E-state index contributed by atoms with van der Waals surface area (Å²) in [6.07, 6.45) is 6.20. The number of amides is 1. The molecule has 2 aliphatic rings. The summed E-state index contributed by atoms with van der Waals surface area (Å²) < 4.78 is 5.90. The van der Waals surface area contributed by atoms with Crippen molar-refractivity contribution in [1.82, 2.24) is 9.88 Å². The van der Waals surface area contributed by atoms with Crippen molar-refractivity contribution in [1.29, 1.82) is 0 Å². The Labute approximate surface area is 121 Å². The Morgan fingerprint density at radius 1 is 1.47 bits per heavy atom. The van der Waals surface area contributed by atoms with Gasteiger partial charge in [0.05, 0.1) is 19.3 Å². The third-order valence-electron chi connectivity index (χ3n) is 4.20. The van der Waals surface area contributed by atoms with Crippen molar-refractivity contribution in [2.24, 2.45) is 0 Å². The first-order chi connectivity index (χ1) is 9.20. The first-order valence-electron chi connectivity index (χ1n) is 6.69. The van der Waals surface area contributed by atoms with E-state index in [1.807, 2.05) is 11.1 Å². The van der Waals surface area contributed by atoms with E-state index in [1.165, 1.54) is 25.6 Å². The van der Waals surface area contributed by atoms with Gasteiger partial charge in [0.25, 0.3) is 0 Å². The molecule has 1 amide bonds. The van der Waals surface area contributed by atoms with Crippen molar-refractivity contribution in [3.63, 3.8) is 0 Å². The van der Waals surface area contributed by atoms with Crippen LogP contribution in [0.3, 0.4) is 0 Å². The summed E-state index contributed by atoms with van der Waals surface area (Å²) >= 11 is 3.46. The minimum atomic E-state index is -0.220. The molecule has 1 saturated carbocycles. The predicted octanol–water partition coefficient (Wildman–Crippen LogP) is 3.45. The molecule has 1 aromatic rings. The molecule has 1 fully saturated rings. The molecule has 2 atom stereocenters. The molecule has 0 unspecified atom stereocenters. The van der Waals surface area contributed by atoms with Gasteiger partial charge in [-0.15, -0.1) is 0 Å². The van der Waals surface area contributed by atoms with Gasteiger partial charge in [-0.25, -0.2) is 4.79 Å². The predicted molar refractivity (Wildman–Crippen MR) is 74.9 cm³/mol. The number of carbonyl (C=O) groups is 1. The lowest BCUT2D eigenvalue weighted by Gasteiger charge is -2.43. The smallest absolute Gasteiger partial charge is 0.410 e. The van der Waals surface area contributed by atoms with Crippen LogP contribution in [-0.2, 0) is 11.3 Å². The third-order valence-corrected chi connectivity index (χ3v) is 4.63. The fourth-order valence-corrected chi connectivity index (χ4v) is 3.75. The molecule has 1 aromatic heterocycles. The van der Waals surface area contributed by atoms with Gasteiger partial charge in [-0.05, 0) is 40.4 Å². The molecule has 0 bridgehead atoms. The van der Waals surface area contributed by atoms with Crippen LogP contribution >= 0.6 is 15.9 Å². The van der Waals surface area contributed by atoms with E-state index in [4.69, 9.17) is 4.74 Å². The quantitative estimate of drug-likeness (QED) is 0.734. The average molecular weight is 325 g/mol. The zero-order chi connectivity index (χ0) is 13.4. The number of nitrogens with zero attached hydrogens (tertiary/aromatic N) is 2. The second-order valence-electron chi connectivity index (χ2n) is 5.25. The highest BCUT2D eigenvalue weighted by atomic mass is 79.9. The molecule has 0 N–H and O–H groups in total. The topological polar surface area (TPSA) is 42.4 Å². The number of pyridine rings is 1. The van der Waals surface area contributed by atoms with Gasteiger partial charge in [0.2, 0.25) is 0 Å². The van der Waals surface area contributed by atoms with Gasteiger partial charge >= 0.3 is 6.09 Å². The van der Waals surface area contributed by atoms with Crippen LogP contribution in [0.2, 0.25) is 0 Å². The molecule has 3 rings (SSSR count). The summed E-state index contributed by atoms with van der Waals surface area (Å²) in [4.78, 5) is 18.5. The van der Waals surface area contributed by atoms with E-state index in [9.17, 15) is 4.79 Å². The van der Waals surface area contributed by atoms with E-state index in [-0.39, 0.29) is 12.1 Å². The lowest BCUT2D eigenvalue weighted by atomic mass is 9.77. The van der Waals surface area contributed by atoms with Crippen LogP contribution in [0.15, 0.2) is 16.7 Å². The van der Waals surface area contributed by atoms with Crippen molar-refractivity contribution < 1.29 is 9.53 Å². The molecule has 19 heavy (non-hydrogen) atoms. The zero-order valence-electron chi connectivity index (χ0n) is 10.9. The van der Waals surface area contributed by atoms with Gasteiger partial charge in [0.1, 0.15) is 0 Å². The second-order valence-corrected chi connectivity index (χ2v) is 6.17. The van der Waals surface area contributed by atoms with Gasteiger partial charge in [-0.3, -0.25) is 4.98 Å². The van der Waals surface area contributed by atoms with Crippen LogP contribution in [0, 0.1) is 0 Å². The van der Waals surface area contributed by atoms with E-state index >= 15 is 0 Å². The summed E-state index contributed by atoms with van der Waals surface area (Å²) in [5.74, 6) is 0.365. The first-order valence-corrected chi connectivity index (χ1v) is 7.49. The number of halogens is 1. The normalized spacial score (nSPS) is 25.5. The Morgan fingerprint density at radius 3 is 3.05 bits per heavy atom. The SMILES string of the molecule is COC(=O)N1Cc2cc(Br)cnc2[C@H]2CCCC[C@H]21. The Hall–Kier alpha value is -1.10. The number of methoxy groups -OCH3 is 1. The lowest BCUT2D eigenvalue weighted by molar-refractivity contribution is 0.0740. The molecule has 4 nitrogen and oxygen atoms in total. The fourth-order valence-electron chi connectivity index (χ4n) is 3.37. The maximum absolute atomic E-state index is 12.0. The Kier molecular flexibility index (Phi) is 3.48. The van der Waals surface area contributed by atoms with Gasteiger partial charge in [-0.1, -0.05) is 12.8 Å². The highest BCUT2D eigenvalue weighted by Crippen LogP contribution is 2.41. The van der Waals surface area contributed by atoms with Crippen molar-refractivity contribution in [3.8, 4) is 0 Å². The number of hydrogen-bond donors (Lipinski definition) is 0. The van der Waals surface area contributed by atoms with E-state index in [1.54, 1.807) is 0 Å². The minimum Gasteiger partial charge on any atom is -0.453 e. The molecule has 0 radical (unpaired) electrons. The highest BCUT2D eigenvalue weighted by Gasteiger charge is 2.40. The number of carbonyl (C=O) groups excluding carboxylic acids is 1. The number of hydrogen-bond acceptors (Lipinski definition) is 3. The van der Waals surface area contributed by atoms with Crippen molar-refractivity contribution in [3.05, 3.63) is 28.0 Å². The molecule has 5 heteroatoms. The molecule has 0 spiro atoms. The summed E-state index contributed by atoms with van der Waals surface area (Å²) in [6, 6.07) is 2.32. The summed E-state index contributed by atoms with van der Waals surface area (Å²) in [6.45, 7) is 0.607. The molecular formula is C14H17BrN2O2. The Bertz CT molecular complexity index is 506. The lowest BCUT2D eigenvalue weighted by Crippen LogP contribution is -2.48. The van der Waals surface area contributed by atoms with Crippen LogP contribution in [0.5, 0.6) is 0 Å². The largest absolute Gasteiger partial charge is 0.453 e. The van der Waals surface area contributed by atoms with E-state index in [2.05, 4.69) is 27.0 Å².